The minimum atomic E-state index is -0.598. The Morgan fingerprint density at radius 3 is 1.93 bits per heavy atom. The van der Waals surface area contributed by atoms with Crippen LogP contribution in [-0.4, -0.2) is 37.7 Å². The van der Waals surface area contributed by atoms with Crippen molar-refractivity contribution in [2.24, 2.45) is 0 Å². The molecule has 1 N–H and O–H groups in total. The van der Waals surface area contributed by atoms with Crippen LogP contribution in [0.15, 0.2) is 42.5 Å². The molecule has 7 nitrogen and oxygen atoms in total. The van der Waals surface area contributed by atoms with Crippen molar-refractivity contribution in [1.82, 2.24) is 0 Å². The molecule has 7 heteroatoms. The molecule has 0 spiro atoms. The molecule has 0 heterocycles. The molecule has 0 unspecified atom stereocenters. The van der Waals surface area contributed by atoms with Gasteiger partial charge < -0.3 is 19.5 Å². The average molecular weight is 385 g/mol. The van der Waals surface area contributed by atoms with E-state index in [1.807, 2.05) is 6.92 Å². The minimum Gasteiger partial charge on any atom is -0.493 e. The van der Waals surface area contributed by atoms with E-state index >= 15 is 0 Å². The fraction of sp³-hybridized carbons (Fsp3) is 0.286. The molecule has 28 heavy (non-hydrogen) atoms. The number of anilines is 1. The van der Waals surface area contributed by atoms with E-state index in [1.165, 1.54) is 18.2 Å². The summed E-state index contributed by atoms with van der Waals surface area (Å²) >= 11 is 0. The lowest BCUT2D eigenvalue weighted by atomic mass is 10.1. The Kier molecular flexibility index (Phi) is 7.56. The largest absolute Gasteiger partial charge is 0.493 e. The number of para-hydroxylation sites is 1. The predicted molar refractivity (Wildman–Crippen MR) is 104 cm³/mol. The number of ether oxygens (including phenoxy) is 3. The SMILES string of the molecule is CCOC(=O)c1cc(NC(=O)c2ccccc2OCC)cc(C(=O)OCC)c1. The summed E-state index contributed by atoms with van der Waals surface area (Å²) in [7, 11) is 0. The zero-order valence-electron chi connectivity index (χ0n) is 16.1. The van der Waals surface area contributed by atoms with Gasteiger partial charge in [-0.25, -0.2) is 9.59 Å². The highest BCUT2D eigenvalue weighted by molar-refractivity contribution is 6.07. The first-order valence-corrected chi connectivity index (χ1v) is 9.02. The predicted octanol–water partition coefficient (Wildman–Crippen LogP) is 3.69. The Morgan fingerprint density at radius 1 is 0.821 bits per heavy atom. The molecular formula is C21H23NO6. The highest BCUT2D eigenvalue weighted by atomic mass is 16.5. The van der Waals surface area contributed by atoms with Crippen LogP contribution in [0.1, 0.15) is 51.8 Å². The lowest BCUT2D eigenvalue weighted by Crippen LogP contribution is -2.16. The van der Waals surface area contributed by atoms with E-state index in [2.05, 4.69) is 5.32 Å². The molecule has 2 aromatic carbocycles. The van der Waals surface area contributed by atoms with Gasteiger partial charge in [-0.2, -0.15) is 0 Å². The van der Waals surface area contributed by atoms with Crippen LogP contribution >= 0.6 is 0 Å². The fourth-order valence-corrected chi connectivity index (χ4v) is 2.50. The number of esters is 2. The number of hydrogen-bond acceptors (Lipinski definition) is 6. The van der Waals surface area contributed by atoms with E-state index in [4.69, 9.17) is 14.2 Å². The first kappa shape index (κ1) is 21.0. The third-order valence-corrected chi connectivity index (χ3v) is 3.64. The molecule has 0 atom stereocenters. The number of carbonyl (C=O) groups excluding carboxylic acids is 3. The number of nitrogens with one attached hydrogen (secondary N) is 1. The first-order valence-electron chi connectivity index (χ1n) is 9.02. The molecule has 148 valence electrons. The number of carbonyl (C=O) groups is 3. The summed E-state index contributed by atoms with van der Waals surface area (Å²) in [6, 6.07) is 11.1. The Bertz CT molecular complexity index is 825. The summed E-state index contributed by atoms with van der Waals surface area (Å²) in [4.78, 5) is 36.9. The highest BCUT2D eigenvalue weighted by Crippen LogP contribution is 2.22. The van der Waals surface area contributed by atoms with Crippen molar-refractivity contribution in [2.75, 3.05) is 25.1 Å². The molecule has 0 aromatic heterocycles. The standard InChI is InChI=1S/C21H23NO6/c1-4-26-18-10-8-7-9-17(18)19(23)22-16-12-14(20(24)27-5-2)11-15(13-16)21(25)28-6-3/h7-13H,4-6H2,1-3H3,(H,22,23). The van der Waals surface area contributed by atoms with Gasteiger partial charge in [0.15, 0.2) is 0 Å². The van der Waals surface area contributed by atoms with E-state index in [0.717, 1.165) is 0 Å². The Balaban J connectivity index is 2.37. The monoisotopic (exact) mass is 385 g/mol. The molecule has 0 bridgehead atoms. The first-order chi connectivity index (χ1) is 13.5. The minimum absolute atomic E-state index is 0.140. The Hall–Kier alpha value is -3.35. The second kappa shape index (κ2) is 10.1. The van der Waals surface area contributed by atoms with Gasteiger partial charge in [0, 0.05) is 5.69 Å². The van der Waals surface area contributed by atoms with Crippen LogP contribution in [0.4, 0.5) is 5.69 Å². The lowest BCUT2D eigenvalue weighted by Gasteiger charge is -2.12. The van der Waals surface area contributed by atoms with E-state index in [0.29, 0.717) is 17.9 Å². The molecule has 0 fully saturated rings. The normalized spacial score (nSPS) is 10.1. The zero-order valence-corrected chi connectivity index (χ0v) is 16.1. The summed E-state index contributed by atoms with van der Waals surface area (Å²) in [5, 5.41) is 2.70. The average Bonchev–Trinajstić information content (AvgIpc) is 2.68. The smallest absolute Gasteiger partial charge is 0.338 e. The number of rotatable bonds is 8. The van der Waals surface area contributed by atoms with E-state index in [9.17, 15) is 14.4 Å². The van der Waals surface area contributed by atoms with E-state index in [-0.39, 0.29) is 30.0 Å². The number of amides is 1. The van der Waals surface area contributed by atoms with Gasteiger partial charge in [-0.15, -0.1) is 0 Å². The zero-order chi connectivity index (χ0) is 20.5. The van der Waals surface area contributed by atoms with Gasteiger partial charge in [-0.1, -0.05) is 12.1 Å². The second-order valence-corrected chi connectivity index (χ2v) is 5.62. The van der Waals surface area contributed by atoms with Gasteiger partial charge in [-0.05, 0) is 51.1 Å². The maximum atomic E-state index is 12.7. The van der Waals surface area contributed by atoms with Crippen LogP contribution in [0, 0.1) is 0 Å². The molecular weight excluding hydrogens is 362 g/mol. The van der Waals surface area contributed by atoms with Crippen molar-refractivity contribution in [3.8, 4) is 5.75 Å². The number of benzene rings is 2. The quantitative estimate of drug-likeness (QED) is 0.697. The van der Waals surface area contributed by atoms with Crippen LogP contribution in [0.25, 0.3) is 0 Å². The molecule has 0 aliphatic heterocycles. The van der Waals surface area contributed by atoms with Crippen molar-refractivity contribution in [1.29, 1.82) is 0 Å². The summed E-state index contributed by atoms with van der Waals surface area (Å²) < 4.78 is 15.5. The molecule has 1 amide bonds. The molecule has 2 aromatic rings. The molecule has 0 aliphatic carbocycles. The van der Waals surface area contributed by atoms with Crippen LogP contribution in [0.2, 0.25) is 0 Å². The third-order valence-electron chi connectivity index (χ3n) is 3.64. The highest BCUT2D eigenvalue weighted by Gasteiger charge is 2.17. The van der Waals surface area contributed by atoms with Crippen molar-refractivity contribution in [3.05, 3.63) is 59.2 Å². The molecule has 0 saturated heterocycles. The van der Waals surface area contributed by atoms with Crippen molar-refractivity contribution in [3.63, 3.8) is 0 Å². The van der Waals surface area contributed by atoms with Crippen LogP contribution in [0.3, 0.4) is 0 Å². The topological polar surface area (TPSA) is 90.9 Å². The fourth-order valence-electron chi connectivity index (χ4n) is 2.50. The second-order valence-electron chi connectivity index (χ2n) is 5.62. The van der Waals surface area contributed by atoms with Crippen molar-refractivity contribution in [2.45, 2.75) is 20.8 Å². The molecule has 0 saturated carbocycles. The van der Waals surface area contributed by atoms with E-state index < -0.39 is 17.8 Å². The van der Waals surface area contributed by atoms with Gasteiger partial charge >= 0.3 is 11.9 Å². The maximum Gasteiger partial charge on any atom is 0.338 e. The summed E-state index contributed by atoms with van der Waals surface area (Å²) in [6.45, 7) is 5.97. The van der Waals surface area contributed by atoms with Crippen molar-refractivity contribution < 1.29 is 28.6 Å². The number of hydrogen-bond donors (Lipinski definition) is 1. The van der Waals surface area contributed by atoms with Gasteiger partial charge in [0.25, 0.3) is 5.91 Å². The van der Waals surface area contributed by atoms with E-state index in [1.54, 1.807) is 38.1 Å². The molecule has 0 aliphatic rings. The summed E-state index contributed by atoms with van der Waals surface area (Å²) in [6.07, 6.45) is 0. The lowest BCUT2D eigenvalue weighted by molar-refractivity contribution is 0.0525. The van der Waals surface area contributed by atoms with Gasteiger partial charge in [0.2, 0.25) is 0 Å². The third kappa shape index (κ3) is 5.33. The maximum absolute atomic E-state index is 12.7. The van der Waals surface area contributed by atoms with Crippen LogP contribution in [-0.2, 0) is 9.47 Å². The summed E-state index contributed by atoms with van der Waals surface area (Å²) in [5.41, 5.74) is 0.884. The van der Waals surface area contributed by atoms with Gasteiger partial charge in [0.05, 0.1) is 36.5 Å². The van der Waals surface area contributed by atoms with Crippen LogP contribution in [0.5, 0.6) is 5.75 Å². The Labute approximate surface area is 163 Å². The van der Waals surface area contributed by atoms with Crippen molar-refractivity contribution >= 4 is 23.5 Å². The van der Waals surface area contributed by atoms with Crippen LogP contribution < -0.4 is 10.1 Å². The molecule has 2 rings (SSSR count). The Morgan fingerprint density at radius 2 is 1.39 bits per heavy atom. The summed E-state index contributed by atoms with van der Waals surface area (Å²) in [5.74, 6) is -1.19. The molecule has 0 radical (unpaired) electrons. The van der Waals surface area contributed by atoms with Gasteiger partial charge in [0.1, 0.15) is 5.75 Å². The van der Waals surface area contributed by atoms with Gasteiger partial charge in [-0.3, -0.25) is 4.79 Å².